The van der Waals surface area contributed by atoms with Crippen LogP contribution in [0.3, 0.4) is 0 Å². The largest absolute Gasteiger partial charge is 0.423 e. The van der Waals surface area contributed by atoms with Crippen molar-refractivity contribution in [3.63, 3.8) is 0 Å². The number of guanidine groups is 1. The van der Waals surface area contributed by atoms with Gasteiger partial charge in [0.2, 0.25) is 0 Å². The predicted molar refractivity (Wildman–Crippen MR) is 105 cm³/mol. The van der Waals surface area contributed by atoms with E-state index >= 15 is 0 Å². The highest BCUT2D eigenvalue weighted by atomic mass is 35.5. The molecule has 27 heavy (non-hydrogen) atoms. The number of benzene rings is 2. The summed E-state index contributed by atoms with van der Waals surface area (Å²) in [6.07, 6.45) is 0. The Morgan fingerprint density at radius 1 is 1.15 bits per heavy atom. The van der Waals surface area contributed by atoms with Crippen LogP contribution in [0.15, 0.2) is 57.7 Å². The van der Waals surface area contributed by atoms with Gasteiger partial charge in [-0.1, -0.05) is 0 Å². The predicted octanol–water partition coefficient (Wildman–Crippen LogP) is 2.22. The number of hydrogen-bond acceptors (Lipinski definition) is 5. The van der Waals surface area contributed by atoms with Crippen molar-refractivity contribution in [1.29, 1.82) is 5.41 Å². The van der Waals surface area contributed by atoms with Crippen molar-refractivity contribution >= 4 is 41.0 Å². The van der Waals surface area contributed by atoms with Gasteiger partial charge in [-0.25, -0.2) is 9.59 Å². The molecule has 0 fully saturated rings. The van der Waals surface area contributed by atoms with Crippen molar-refractivity contribution in [2.24, 2.45) is 5.73 Å². The second-order valence-corrected chi connectivity index (χ2v) is 5.41. The Balaban J connectivity index is 0.00000182. The maximum atomic E-state index is 12.2. The zero-order valence-electron chi connectivity index (χ0n) is 14.2. The van der Waals surface area contributed by atoms with Crippen molar-refractivity contribution in [3.8, 4) is 5.75 Å². The molecule has 3 aromatic rings. The third-order valence-electron chi connectivity index (χ3n) is 3.53. The number of hydrogen-bond donors (Lipinski definition) is 3. The normalized spacial score (nSPS) is 9.67. The van der Waals surface area contributed by atoms with Gasteiger partial charge in [0.15, 0.2) is 5.96 Å². The first-order chi connectivity index (χ1) is 11.9. The Labute approximate surface area is 160 Å². The lowest BCUT2D eigenvalue weighted by molar-refractivity contribution is 0.0735. The van der Waals surface area contributed by atoms with E-state index in [4.69, 9.17) is 20.3 Å². The summed E-state index contributed by atoms with van der Waals surface area (Å²) in [7, 11) is 0. The summed E-state index contributed by atoms with van der Waals surface area (Å²) in [6.45, 7) is 1.81. The molecule has 0 radical (unpaired) electrons. The number of nitrogens with one attached hydrogen (secondary N) is 2. The number of ether oxygens (including phenoxy) is 1. The van der Waals surface area contributed by atoms with Crippen LogP contribution in [0.1, 0.15) is 15.9 Å². The van der Waals surface area contributed by atoms with Gasteiger partial charge in [0, 0.05) is 23.2 Å². The molecule has 3 rings (SSSR count). The molecule has 0 aliphatic carbocycles. The van der Waals surface area contributed by atoms with E-state index in [1.807, 2.05) is 6.92 Å². The molecule has 0 saturated carbocycles. The Bertz CT molecular complexity index is 1030. The maximum absolute atomic E-state index is 12.2. The monoisotopic (exact) mass is 391 g/mol. The van der Waals surface area contributed by atoms with Crippen LogP contribution in [0.5, 0.6) is 5.75 Å². The summed E-state index contributed by atoms with van der Waals surface area (Å²) in [5, 5.41) is 10.6. The topological polar surface area (TPSA) is 150 Å². The summed E-state index contributed by atoms with van der Waals surface area (Å²) in [4.78, 5) is 23.7. The van der Waals surface area contributed by atoms with Gasteiger partial charge < -0.3 is 25.7 Å². The Morgan fingerprint density at radius 2 is 1.81 bits per heavy atom. The quantitative estimate of drug-likeness (QED) is 0.205. The van der Waals surface area contributed by atoms with E-state index in [-0.39, 0.29) is 29.6 Å². The Morgan fingerprint density at radius 3 is 2.44 bits per heavy atom. The fraction of sp³-hybridized carbons (Fsp3) is 0.0556. The summed E-state index contributed by atoms with van der Waals surface area (Å²) in [5.41, 5.74) is 6.85. The van der Waals surface area contributed by atoms with Gasteiger partial charge in [-0.3, -0.25) is 5.41 Å². The summed E-state index contributed by atoms with van der Waals surface area (Å²) in [6, 6.07) is 12.6. The smallest absolute Gasteiger partial charge is 0.343 e. The van der Waals surface area contributed by atoms with E-state index in [0.717, 1.165) is 10.9 Å². The van der Waals surface area contributed by atoms with Gasteiger partial charge in [-0.15, -0.1) is 12.4 Å². The van der Waals surface area contributed by atoms with Crippen LogP contribution in [0, 0.1) is 12.3 Å². The van der Waals surface area contributed by atoms with Crippen LogP contribution >= 0.6 is 12.4 Å². The molecule has 0 bridgehead atoms. The van der Waals surface area contributed by atoms with Gasteiger partial charge in [0.1, 0.15) is 11.3 Å². The van der Waals surface area contributed by atoms with E-state index < -0.39 is 11.6 Å². The van der Waals surface area contributed by atoms with Crippen LogP contribution in [-0.4, -0.2) is 17.4 Å². The first-order valence-corrected chi connectivity index (χ1v) is 7.40. The molecular formula is C18H18ClN3O5. The van der Waals surface area contributed by atoms with E-state index in [9.17, 15) is 9.59 Å². The average molecular weight is 392 g/mol. The number of halogens is 1. The molecular weight excluding hydrogens is 374 g/mol. The minimum Gasteiger partial charge on any atom is -0.423 e. The van der Waals surface area contributed by atoms with Crippen LogP contribution in [0.4, 0.5) is 5.69 Å². The van der Waals surface area contributed by atoms with E-state index in [0.29, 0.717) is 16.8 Å². The number of aryl methyl sites for hydroxylation is 1. The minimum absolute atomic E-state index is 0. The first kappa shape index (κ1) is 21.7. The Hall–Kier alpha value is -3.36. The molecule has 0 amide bonds. The second-order valence-electron chi connectivity index (χ2n) is 5.41. The van der Waals surface area contributed by atoms with Crippen LogP contribution < -0.4 is 21.4 Å². The lowest BCUT2D eigenvalue weighted by Crippen LogP contribution is -2.20. The zero-order chi connectivity index (χ0) is 18.0. The molecule has 142 valence electrons. The lowest BCUT2D eigenvalue weighted by atomic mass is 10.1. The molecule has 9 heteroatoms. The van der Waals surface area contributed by atoms with Crippen LogP contribution in [-0.2, 0) is 0 Å². The third-order valence-corrected chi connectivity index (χ3v) is 3.53. The Kier molecular flexibility index (Phi) is 7.10. The fourth-order valence-electron chi connectivity index (χ4n) is 2.38. The molecule has 6 N–H and O–H groups in total. The summed E-state index contributed by atoms with van der Waals surface area (Å²) >= 11 is 0. The van der Waals surface area contributed by atoms with E-state index in [1.165, 1.54) is 12.1 Å². The number of nitrogens with two attached hydrogens (primary N) is 1. The zero-order valence-corrected chi connectivity index (χ0v) is 15.1. The molecule has 0 unspecified atom stereocenters. The number of fused-ring (bicyclic) bond motifs is 1. The highest BCUT2D eigenvalue weighted by Gasteiger charge is 2.10. The SMILES string of the molecule is Cc1cc(=O)oc2cc(OC(=O)c3ccc(NC(=N)N)cc3)ccc12.Cl.O. The summed E-state index contributed by atoms with van der Waals surface area (Å²) < 4.78 is 10.5. The van der Waals surface area contributed by atoms with E-state index in [2.05, 4.69) is 5.32 Å². The molecule has 8 nitrogen and oxygen atoms in total. The number of esters is 1. The first-order valence-electron chi connectivity index (χ1n) is 7.40. The standard InChI is InChI=1S/C18H15N3O4.ClH.H2O/c1-10-8-16(22)25-15-9-13(6-7-14(10)15)24-17(23)11-2-4-12(5-3-11)21-18(19)20;;/h2-9H,1H3,(H4,19,20,21);1H;1H2. The molecule has 1 heterocycles. The molecule has 0 saturated heterocycles. The molecule has 0 aliphatic heterocycles. The van der Waals surface area contributed by atoms with Gasteiger partial charge in [0.05, 0.1) is 5.56 Å². The number of rotatable bonds is 3. The molecule has 0 atom stereocenters. The highest BCUT2D eigenvalue weighted by Crippen LogP contribution is 2.23. The van der Waals surface area contributed by atoms with Gasteiger partial charge in [-0.2, -0.15) is 0 Å². The minimum atomic E-state index is -0.552. The van der Waals surface area contributed by atoms with Gasteiger partial charge in [0.25, 0.3) is 0 Å². The van der Waals surface area contributed by atoms with Gasteiger partial charge >= 0.3 is 11.6 Å². The number of anilines is 1. The maximum Gasteiger partial charge on any atom is 0.343 e. The molecule has 1 aromatic heterocycles. The number of carbonyl (C=O) groups excluding carboxylic acids is 1. The fourth-order valence-corrected chi connectivity index (χ4v) is 2.38. The molecule has 0 aliphatic rings. The molecule has 0 spiro atoms. The highest BCUT2D eigenvalue weighted by molar-refractivity contribution is 5.94. The van der Waals surface area contributed by atoms with Crippen molar-refractivity contribution < 1.29 is 19.4 Å². The van der Waals surface area contributed by atoms with Crippen molar-refractivity contribution in [3.05, 3.63) is 70.1 Å². The average Bonchev–Trinajstić information content (AvgIpc) is 2.54. The third kappa shape index (κ3) is 5.06. The van der Waals surface area contributed by atoms with E-state index in [1.54, 1.807) is 36.4 Å². The second kappa shape index (κ2) is 8.84. The van der Waals surface area contributed by atoms with Crippen molar-refractivity contribution in [1.82, 2.24) is 0 Å². The van der Waals surface area contributed by atoms with Crippen molar-refractivity contribution in [2.75, 3.05) is 5.32 Å². The number of carbonyl (C=O) groups is 1. The molecule has 2 aromatic carbocycles. The van der Waals surface area contributed by atoms with Crippen molar-refractivity contribution in [2.45, 2.75) is 6.92 Å². The van der Waals surface area contributed by atoms with Crippen LogP contribution in [0.2, 0.25) is 0 Å². The lowest BCUT2D eigenvalue weighted by Gasteiger charge is -2.07. The van der Waals surface area contributed by atoms with Crippen LogP contribution in [0.25, 0.3) is 11.0 Å². The summed E-state index contributed by atoms with van der Waals surface area (Å²) in [5.74, 6) is -0.468. The van der Waals surface area contributed by atoms with Gasteiger partial charge in [-0.05, 0) is 48.9 Å².